The summed E-state index contributed by atoms with van der Waals surface area (Å²) in [6.45, 7) is 7.00. The molecule has 1 aromatic carbocycles. The van der Waals surface area contributed by atoms with E-state index in [0.29, 0.717) is 18.3 Å². The normalized spacial score (nSPS) is 11.0. The monoisotopic (exact) mass is 382 g/mol. The minimum absolute atomic E-state index is 0.295. The molecule has 0 spiro atoms. The third kappa shape index (κ3) is 4.19. The van der Waals surface area contributed by atoms with Gasteiger partial charge in [0.1, 0.15) is 17.3 Å². The molecule has 146 valence electrons. The average molecular weight is 382 g/mol. The lowest BCUT2D eigenvalue weighted by Crippen LogP contribution is -2.29. The summed E-state index contributed by atoms with van der Waals surface area (Å²) in [4.78, 5) is 16.8. The third-order valence-electron chi connectivity index (χ3n) is 4.31. The Labute approximate surface area is 163 Å². The highest BCUT2D eigenvalue weighted by Crippen LogP contribution is 2.32. The van der Waals surface area contributed by atoms with Crippen LogP contribution in [-0.4, -0.2) is 32.5 Å². The van der Waals surface area contributed by atoms with Crippen LogP contribution in [0, 0.1) is 11.7 Å². The van der Waals surface area contributed by atoms with E-state index in [0.717, 1.165) is 28.9 Å². The molecule has 0 radical (unpaired) electrons. The number of carbonyl (C=O) groups is 1. The van der Waals surface area contributed by atoms with Gasteiger partial charge < -0.3 is 5.11 Å². The van der Waals surface area contributed by atoms with Gasteiger partial charge in [-0.1, -0.05) is 13.8 Å². The molecule has 1 N–H and O–H groups in total. The first-order valence-corrected chi connectivity index (χ1v) is 9.19. The molecule has 3 rings (SSSR count). The van der Waals surface area contributed by atoms with E-state index >= 15 is 0 Å². The molecule has 0 saturated heterocycles. The number of nitrogens with zero attached hydrogens (tertiary/aromatic N) is 4. The second kappa shape index (κ2) is 8.21. The number of anilines is 1. The molecule has 2 heterocycles. The van der Waals surface area contributed by atoms with E-state index in [-0.39, 0.29) is 5.82 Å². The van der Waals surface area contributed by atoms with E-state index in [4.69, 9.17) is 5.10 Å². The van der Waals surface area contributed by atoms with Gasteiger partial charge in [-0.05, 0) is 54.8 Å². The molecule has 6 nitrogen and oxygen atoms in total. The second-order valence-electron chi connectivity index (χ2n) is 6.94. The molecule has 28 heavy (non-hydrogen) atoms. The number of hydrogen-bond acceptors (Lipinski definition) is 3. The van der Waals surface area contributed by atoms with E-state index < -0.39 is 6.09 Å². The zero-order chi connectivity index (χ0) is 20.3. The molecule has 0 aliphatic rings. The number of amides is 1. The van der Waals surface area contributed by atoms with Gasteiger partial charge in [-0.2, -0.15) is 5.10 Å². The smallest absolute Gasteiger partial charge is 0.412 e. The largest absolute Gasteiger partial charge is 0.465 e. The molecule has 0 bridgehead atoms. The fourth-order valence-electron chi connectivity index (χ4n) is 3.05. The van der Waals surface area contributed by atoms with Crippen LogP contribution in [0.15, 0.2) is 48.8 Å². The van der Waals surface area contributed by atoms with Gasteiger partial charge >= 0.3 is 6.09 Å². The van der Waals surface area contributed by atoms with Crippen molar-refractivity contribution in [2.45, 2.75) is 27.3 Å². The Hall–Kier alpha value is -3.22. The zero-order valence-corrected chi connectivity index (χ0v) is 16.1. The quantitative estimate of drug-likeness (QED) is 0.657. The first kappa shape index (κ1) is 19.5. The van der Waals surface area contributed by atoms with Crippen LogP contribution < -0.4 is 4.90 Å². The molecular formula is C21H23FN4O2. The van der Waals surface area contributed by atoms with Crippen LogP contribution in [0.3, 0.4) is 0 Å². The van der Waals surface area contributed by atoms with E-state index in [1.54, 1.807) is 31.3 Å². The van der Waals surface area contributed by atoms with Crippen LogP contribution in [-0.2, 0) is 6.54 Å². The number of aromatic nitrogens is 3. The van der Waals surface area contributed by atoms with Gasteiger partial charge in [-0.3, -0.25) is 9.58 Å². The second-order valence-corrected chi connectivity index (χ2v) is 6.94. The standard InChI is InChI=1S/C21H23FN4O2/c1-4-26(21(27)28)19-11-16(9-10-23-19)18-13-25(12-14(2)3)24-20(18)15-5-7-17(22)8-6-15/h5-11,13-14H,4,12H2,1-3H3,(H,27,28). The Bertz CT molecular complexity index is 967. The van der Waals surface area contributed by atoms with Crippen molar-refractivity contribution in [3.05, 3.63) is 54.6 Å². The fraction of sp³-hybridized carbons (Fsp3) is 0.286. The van der Waals surface area contributed by atoms with Crippen LogP contribution >= 0.6 is 0 Å². The summed E-state index contributed by atoms with van der Waals surface area (Å²) in [6, 6.07) is 9.76. The Balaban J connectivity index is 2.11. The van der Waals surface area contributed by atoms with Gasteiger partial charge in [-0.25, -0.2) is 14.2 Å². The molecule has 0 saturated carbocycles. The fourth-order valence-corrected chi connectivity index (χ4v) is 3.05. The SMILES string of the molecule is CCN(C(=O)O)c1cc(-c2cn(CC(C)C)nc2-c2ccc(F)cc2)ccn1. The maximum Gasteiger partial charge on any atom is 0.412 e. The third-order valence-corrected chi connectivity index (χ3v) is 4.31. The van der Waals surface area contributed by atoms with Gasteiger partial charge in [0.2, 0.25) is 0 Å². The number of pyridine rings is 1. The van der Waals surface area contributed by atoms with Crippen molar-refractivity contribution in [1.82, 2.24) is 14.8 Å². The van der Waals surface area contributed by atoms with Crippen LogP contribution in [0.5, 0.6) is 0 Å². The van der Waals surface area contributed by atoms with E-state index in [1.165, 1.54) is 17.0 Å². The Morgan fingerprint density at radius 1 is 1.21 bits per heavy atom. The van der Waals surface area contributed by atoms with Crippen molar-refractivity contribution < 1.29 is 14.3 Å². The highest BCUT2D eigenvalue weighted by molar-refractivity contribution is 5.87. The first-order valence-electron chi connectivity index (χ1n) is 9.19. The summed E-state index contributed by atoms with van der Waals surface area (Å²) >= 11 is 0. The molecule has 3 aromatic rings. The minimum atomic E-state index is -1.05. The van der Waals surface area contributed by atoms with Gasteiger partial charge in [0, 0.05) is 36.6 Å². The zero-order valence-electron chi connectivity index (χ0n) is 16.1. The van der Waals surface area contributed by atoms with E-state index in [1.807, 2.05) is 16.9 Å². The van der Waals surface area contributed by atoms with Crippen molar-refractivity contribution in [3.8, 4) is 22.4 Å². The summed E-state index contributed by atoms with van der Waals surface area (Å²) in [7, 11) is 0. The lowest BCUT2D eigenvalue weighted by molar-refractivity contribution is 0.202. The number of hydrogen-bond donors (Lipinski definition) is 1. The highest BCUT2D eigenvalue weighted by Gasteiger charge is 2.18. The molecule has 0 aliphatic carbocycles. The molecular weight excluding hydrogens is 359 g/mol. The minimum Gasteiger partial charge on any atom is -0.465 e. The summed E-state index contributed by atoms with van der Waals surface area (Å²) in [5, 5.41) is 14.1. The lowest BCUT2D eigenvalue weighted by atomic mass is 10.0. The van der Waals surface area contributed by atoms with Gasteiger partial charge in [0.05, 0.1) is 0 Å². The topological polar surface area (TPSA) is 71.2 Å². The molecule has 1 amide bonds. The van der Waals surface area contributed by atoms with E-state index in [9.17, 15) is 14.3 Å². The van der Waals surface area contributed by atoms with Crippen LogP contribution in [0.1, 0.15) is 20.8 Å². The molecule has 0 aliphatic heterocycles. The molecule has 2 aromatic heterocycles. The predicted molar refractivity (Wildman–Crippen MR) is 107 cm³/mol. The van der Waals surface area contributed by atoms with Crippen molar-refractivity contribution >= 4 is 11.9 Å². The van der Waals surface area contributed by atoms with Crippen LogP contribution in [0.4, 0.5) is 15.0 Å². The summed E-state index contributed by atoms with van der Waals surface area (Å²) in [5.74, 6) is 0.455. The number of carboxylic acid groups (broad SMARTS) is 1. The van der Waals surface area contributed by atoms with E-state index in [2.05, 4.69) is 18.8 Å². The molecule has 0 fully saturated rings. The Morgan fingerprint density at radius 3 is 2.54 bits per heavy atom. The molecule has 0 unspecified atom stereocenters. The van der Waals surface area contributed by atoms with Crippen molar-refractivity contribution in [2.24, 2.45) is 5.92 Å². The molecule has 7 heteroatoms. The maximum absolute atomic E-state index is 13.4. The Morgan fingerprint density at radius 2 is 1.93 bits per heavy atom. The van der Waals surface area contributed by atoms with Gasteiger partial charge in [0.25, 0.3) is 0 Å². The summed E-state index contributed by atoms with van der Waals surface area (Å²) < 4.78 is 15.2. The maximum atomic E-state index is 13.4. The van der Waals surface area contributed by atoms with Crippen LogP contribution in [0.25, 0.3) is 22.4 Å². The number of rotatable bonds is 6. The lowest BCUT2D eigenvalue weighted by Gasteiger charge is -2.16. The Kier molecular flexibility index (Phi) is 5.73. The average Bonchev–Trinajstić information content (AvgIpc) is 3.06. The molecule has 0 atom stereocenters. The summed E-state index contributed by atoms with van der Waals surface area (Å²) in [5.41, 5.74) is 3.16. The number of halogens is 1. The first-order chi connectivity index (χ1) is 13.4. The van der Waals surface area contributed by atoms with Crippen LogP contribution in [0.2, 0.25) is 0 Å². The summed E-state index contributed by atoms with van der Waals surface area (Å²) in [6.07, 6.45) is 2.47. The van der Waals surface area contributed by atoms with Gasteiger partial charge in [-0.15, -0.1) is 0 Å². The number of benzene rings is 1. The van der Waals surface area contributed by atoms with Gasteiger partial charge in [0.15, 0.2) is 0 Å². The van der Waals surface area contributed by atoms with Crippen molar-refractivity contribution in [1.29, 1.82) is 0 Å². The van der Waals surface area contributed by atoms with Crippen molar-refractivity contribution in [2.75, 3.05) is 11.4 Å². The predicted octanol–water partition coefficient (Wildman–Crippen LogP) is 4.91. The van der Waals surface area contributed by atoms with Crippen molar-refractivity contribution in [3.63, 3.8) is 0 Å². The highest BCUT2D eigenvalue weighted by atomic mass is 19.1.